The highest BCUT2D eigenvalue weighted by Crippen LogP contribution is 2.29. The van der Waals surface area contributed by atoms with E-state index in [1.54, 1.807) is 11.8 Å². The average Bonchev–Trinajstić information content (AvgIpc) is 3.00. The number of hydrogen-bond donors (Lipinski definition) is 1. The second kappa shape index (κ2) is 8.84. The van der Waals surface area contributed by atoms with Crippen LogP contribution < -0.4 is 5.56 Å². The molecule has 0 radical (unpaired) electrons. The van der Waals surface area contributed by atoms with Gasteiger partial charge in [-0.3, -0.25) is 9.69 Å². The van der Waals surface area contributed by atoms with Gasteiger partial charge in [0.2, 0.25) is 0 Å². The van der Waals surface area contributed by atoms with Gasteiger partial charge in [-0.15, -0.1) is 5.10 Å². The summed E-state index contributed by atoms with van der Waals surface area (Å²) >= 11 is 0. The van der Waals surface area contributed by atoms with Crippen LogP contribution in [0, 0.1) is 6.92 Å². The maximum atomic E-state index is 13.1. The number of hydrogen-bond acceptors (Lipinski definition) is 6. The van der Waals surface area contributed by atoms with E-state index in [0.717, 1.165) is 42.4 Å². The van der Waals surface area contributed by atoms with Gasteiger partial charge in [0.05, 0.1) is 13.2 Å². The van der Waals surface area contributed by atoms with E-state index < -0.39 is 0 Å². The van der Waals surface area contributed by atoms with Crippen molar-refractivity contribution in [3.05, 3.63) is 51.6 Å². The Hall–Kier alpha value is -2.58. The highest BCUT2D eigenvalue weighted by Gasteiger charge is 2.30. The lowest BCUT2D eigenvalue weighted by Crippen LogP contribution is -2.36. The van der Waals surface area contributed by atoms with Gasteiger partial charge in [0, 0.05) is 18.2 Å². The number of likely N-dealkylation sites (tertiary alicyclic amines) is 1. The van der Waals surface area contributed by atoms with Gasteiger partial charge in [-0.05, 0) is 66.9 Å². The highest BCUT2D eigenvalue weighted by atomic mass is 16.5. The lowest BCUT2D eigenvalue weighted by Gasteiger charge is -2.29. The van der Waals surface area contributed by atoms with Crippen molar-refractivity contribution >= 4 is 10.9 Å². The first kappa shape index (κ1) is 19.7. The van der Waals surface area contributed by atoms with Crippen LogP contribution in [0.25, 0.3) is 10.9 Å². The molecule has 0 bridgehead atoms. The first-order chi connectivity index (χ1) is 14.2. The van der Waals surface area contributed by atoms with E-state index in [1.807, 2.05) is 18.2 Å². The average molecular weight is 396 g/mol. The summed E-state index contributed by atoms with van der Waals surface area (Å²) in [6.45, 7) is 4.97. The molecular weight excluding hydrogens is 368 g/mol. The molecule has 1 fully saturated rings. The fourth-order valence-electron chi connectivity index (χ4n) is 4.14. The smallest absolute Gasteiger partial charge is 0.253 e. The Bertz CT molecular complexity index is 1020. The van der Waals surface area contributed by atoms with Crippen molar-refractivity contribution in [1.29, 1.82) is 0 Å². The number of ether oxygens (including phenoxy) is 1. The minimum absolute atomic E-state index is 0.0862. The van der Waals surface area contributed by atoms with Gasteiger partial charge in [0.25, 0.3) is 5.56 Å². The summed E-state index contributed by atoms with van der Waals surface area (Å²) in [6.07, 6.45) is 4.65. The number of aromatic amines is 1. The standard InChI is InChI=1S/C21H28N6O2/c1-15-7-8-18-16(13-15)14-17(21(28)22-18)19(26-9-5-3-4-6-10-26)20-23-24-25-27(20)11-12-29-2/h7-8,13-14,19H,3-6,9-12H2,1-2H3,(H,22,28)/t19-/m0/s1. The first-order valence-electron chi connectivity index (χ1n) is 10.3. The van der Waals surface area contributed by atoms with Gasteiger partial charge < -0.3 is 9.72 Å². The molecule has 0 saturated carbocycles. The zero-order valence-corrected chi connectivity index (χ0v) is 17.1. The fourth-order valence-corrected chi connectivity index (χ4v) is 4.14. The third-order valence-corrected chi connectivity index (χ3v) is 5.64. The highest BCUT2D eigenvalue weighted by molar-refractivity contribution is 5.79. The van der Waals surface area contributed by atoms with Gasteiger partial charge >= 0.3 is 0 Å². The van der Waals surface area contributed by atoms with Crippen LogP contribution in [0.3, 0.4) is 0 Å². The van der Waals surface area contributed by atoms with E-state index >= 15 is 0 Å². The number of benzene rings is 1. The van der Waals surface area contributed by atoms with Gasteiger partial charge in [-0.1, -0.05) is 24.5 Å². The monoisotopic (exact) mass is 396 g/mol. The van der Waals surface area contributed by atoms with Gasteiger partial charge in [-0.25, -0.2) is 4.68 Å². The molecule has 0 aliphatic carbocycles. The lowest BCUT2D eigenvalue weighted by atomic mass is 10.0. The van der Waals surface area contributed by atoms with Gasteiger partial charge in [0.1, 0.15) is 6.04 Å². The normalized spacial score (nSPS) is 16.8. The number of tetrazole rings is 1. The number of nitrogens with zero attached hydrogens (tertiary/aromatic N) is 5. The van der Waals surface area contributed by atoms with Crippen molar-refractivity contribution in [2.24, 2.45) is 0 Å². The molecule has 2 aromatic heterocycles. The maximum Gasteiger partial charge on any atom is 0.253 e. The predicted molar refractivity (Wildman–Crippen MR) is 111 cm³/mol. The zero-order chi connectivity index (χ0) is 20.2. The van der Waals surface area contributed by atoms with Crippen LogP contribution in [0.1, 0.15) is 48.7 Å². The Balaban J connectivity index is 1.84. The molecule has 0 spiro atoms. The van der Waals surface area contributed by atoms with Crippen LogP contribution in [-0.4, -0.2) is 56.9 Å². The van der Waals surface area contributed by atoms with Crippen LogP contribution in [0.5, 0.6) is 0 Å². The number of nitrogens with one attached hydrogen (secondary N) is 1. The number of rotatable bonds is 6. The van der Waals surface area contributed by atoms with Crippen molar-refractivity contribution in [1.82, 2.24) is 30.1 Å². The molecule has 1 N–H and O–H groups in total. The molecular formula is C21H28N6O2. The van der Waals surface area contributed by atoms with Crippen LogP contribution in [0.15, 0.2) is 29.1 Å². The Labute approximate surface area is 169 Å². The van der Waals surface area contributed by atoms with Crippen molar-refractivity contribution in [2.45, 2.75) is 45.2 Å². The molecule has 3 heterocycles. The van der Waals surface area contributed by atoms with Crippen LogP contribution >= 0.6 is 0 Å². The molecule has 1 aliphatic rings. The first-order valence-corrected chi connectivity index (χ1v) is 10.3. The number of aromatic nitrogens is 5. The maximum absolute atomic E-state index is 13.1. The van der Waals surface area contributed by atoms with E-state index in [4.69, 9.17) is 4.74 Å². The van der Waals surface area contributed by atoms with Crippen LogP contribution in [-0.2, 0) is 11.3 Å². The summed E-state index contributed by atoms with van der Waals surface area (Å²) in [5, 5.41) is 13.4. The molecule has 1 saturated heterocycles. The summed E-state index contributed by atoms with van der Waals surface area (Å²) in [7, 11) is 1.66. The molecule has 1 aliphatic heterocycles. The number of aryl methyl sites for hydroxylation is 1. The minimum Gasteiger partial charge on any atom is -0.383 e. The lowest BCUT2D eigenvalue weighted by molar-refractivity contribution is 0.175. The van der Waals surface area contributed by atoms with E-state index in [1.165, 1.54) is 12.8 Å². The summed E-state index contributed by atoms with van der Waals surface area (Å²) in [5.41, 5.74) is 2.61. The van der Waals surface area contributed by atoms with Gasteiger partial charge in [-0.2, -0.15) is 0 Å². The largest absolute Gasteiger partial charge is 0.383 e. The summed E-state index contributed by atoms with van der Waals surface area (Å²) in [5.74, 6) is 0.696. The second-order valence-electron chi connectivity index (χ2n) is 7.75. The van der Waals surface area contributed by atoms with Crippen molar-refractivity contribution in [3.63, 3.8) is 0 Å². The van der Waals surface area contributed by atoms with E-state index in [9.17, 15) is 4.79 Å². The van der Waals surface area contributed by atoms with E-state index in [-0.39, 0.29) is 11.6 Å². The molecule has 8 heteroatoms. The fraction of sp³-hybridized carbons (Fsp3) is 0.524. The molecule has 154 valence electrons. The van der Waals surface area contributed by atoms with Gasteiger partial charge in [0.15, 0.2) is 5.82 Å². The zero-order valence-electron chi connectivity index (χ0n) is 17.1. The molecule has 4 rings (SSSR count). The van der Waals surface area contributed by atoms with E-state index in [0.29, 0.717) is 24.5 Å². The molecule has 3 aromatic rings. The number of H-pyrrole nitrogens is 1. The third-order valence-electron chi connectivity index (χ3n) is 5.64. The Morgan fingerprint density at radius 3 is 2.72 bits per heavy atom. The molecule has 29 heavy (non-hydrogen) atoms. The SMILES string of the molecule is COCCn1nnnc1[C@H](c1cc2cc(C)ccc2[nH]c1=O)N1CCCCCC1. The van der Waals surface area contributed by atoms with Crippen molar-refractivity contribution < 1.29 is 4.74 Å². The van der Waals surface area contributed by atoms with Crippen LogP contribution in [0.2, 0.25) is 0 Å². The van der Waals surface area contributed by atoms with Crippen LogP contribution in [0.4, 0.5) is 0 Å². The summed E-state index contributed by atoms with van der Waals surface area (Å²) in [4.78, 5) is 18.5. The Kier molecular flexibility index (Phi) is 6.01. The number of methoxy groups -OCH3 is 1. The second-order valence-corrected chi connectivity index (χ2v) is 7.75. The topological polar surface area (TPSA) is 88.9 Å². The van der Waals surface area contributed by atoms with Crippen molar-refractivity contribution in [2.75, 3.05) is 26.8 Å². The molecule has 0 unspecified atom stereocenters. The Morgan fingerprint density at radius 1 is 1.17 bits per heavy atom. The number of fused-ring (bicyclic) bond motifs is 1. The molecule has 8 nitrogen and oxygen atoms in total. The summed E-state index contributed by atoms with van der Waals surface area (Å²) < 4.78 is 6.98. The number of pyridine rings is 1. The quantitative estimate of drug-likeness (QED) is 0.688. The molecule has 1 aromatic carbocycles. The molecule has 1 atom stereocenters. The molecule has 0 amide bonds. The predicted octanol–water partition coefficient (Wildman–Crippen LogP) is 2.43. The third kappa shape index (κ3) is 4.23. The summed E-state index contributed by atoms with van der Waals surface area (Å²) in [6, 6.07) is 7.79. The minimum atomic E-state index is -0.284. The van der Waals surface area contributed by atoms with E-state index in [2.05, 4.69) is 38.4 Å². The van der Waals surface area contributed by atoms with Crippen molar-refractivity contribution in [3.8, 4) is 0 Å². The Morgan fingerprint density at radius 2 is 1.97 bits per heavy atom.